The van der Waals surface area contributed by atoms with Crippen molar-refractivity contribution >= 4 is 22.7 Å². The number of aromatic nitrogens is 1. The third-order valence-electron chi connectivity index (χ3n) is 6.03. The third-order valence-corrected chi connectivity index (χ3v) is 6.03. The Morgan fingerprint density at radius 2 is 2.19 bits per heavy atom. The number of rotatable bonds is 5. The van der Waals surface area contributed by atoms with Gasteiger partial charge >= 0.3 is 0 Å². The van der Waals surface area contributed by atoms with Gasteiger partial charge in [0.15, 0.2) is 0 Å². The van der Waals surface area contributed by atoms with Crippen LogP contribution in [0.3, 0.4) is 0 Å². The van der Waals surface area contributed by atoms with E-state index in [9.17, 15) is 9.59 Å². The Balaban J connectivity index is 1.45. The molecule has 5 nitrogen and oxygen atoms in total. The second-order valence-electron chi connectivity index (χ2n) is 7.51. The largest absolute Gasteiger partial charge is 0.355 e. The molecule has 1 saturated heterocycles. The summed E-state index contributed by atoms with van der Waals surface area (Å²) in [6, 6.07) is 6.59. The second-order valence-corrected chi connectivity index (χ2v) is 7.51. The normalized spacial score (nSPS) is 19.4. The Hall–Kier alpha value is -2.30. The van der Waals surface area contributed by atoms with Gasteiger partial charge in [0, 0.05) is 43.7 Å². The summed E-state index contributed by atoms with van der Waals surface area (Å²) in [5, 5.41) is 4.40. The summed E-state index contributed by atoms with van der Waals surface area (Å²) in [6.07, 6.45) is 3.53. The van der Waals surface area contributed by atoms with E-state index >= 15 is 0 Å². The average Bonchev–Trinajstić information content (AvgIpc) is 3.16. The van der Waals surface area contributed by atoms with Gasteiger partial charge in [-0.2, -0.15) is 0 Å². The molecule has 26 heavy (non-hydrogen) atoms. The lowest BCUT2D eigenvalue weighted by atomic mass is 10.0. The minimum atomic E-state index is -0.196. The summed E-state index contributed by atoms with van der Waals surface area (Å²) in [5.41, 5.74) is 5.50. The Bertz CT molecular complexity index is 868. The van der Waals surface area contributed by atoms with Crippen LogP contribution in [0.1, 0.15) is 36.6 Å². The van der Waals surface area contributed by atoms with Crippen molar-refractivity contribution in [3.8, 4) is 0 Å². The van der Waals surface area contributed by atoms with Crippen molar-refractivity contribution in [3.05, 3.63) is 35.0 Å². The van der Waals surface area contributed by atoms with Crippen molar-refractivity contribution in [1.82, 2.24) is 14.8 Å². The van der Waals surface area contributed by atoms with Crippen LogP contribution in [0.2, 0.25) is 0 Å². The lowest BCUT2D eigenvalue weighted by molar-refractivity contribution is -0.128. The molecular weight excluding hydrogens is 326 g/mol. The SMILES string of the molecule is CCN1CC(C(=O)NCCc2c(C)n3c4c(cccc24)CCC3)CC1=O. The summed E-state index contributed by atoms with van der Waals surface area (Å²) < 4.78 is 2.44. The van der Waals surface area contributed by atoms with Gasteiger partial charge in [0.1, 0.15) is 0 Å². The Morgan fingerprint density at radius 1 is 1.35 bits per heavy atom. The summed E-state index contributed by atoms with van der Waals surface area (Å²) in [5.74, 6) is -0.0863. The third kappa shape index (κ3) is 2.79. The van der Waals surface area contributed by atoms with Gasteiger partial charge < -0.3 is 14.8 Å². The lowest BCUT2D eigenvalue weighted by Gasteiger charge is -2.16. The number of amides is 2. The second kappa shape index (κ2) is 6.78. The molecule has 1 aromatic heterocycles. The minimum Gasteiger partial charge on any atom is -0.355 e. The Kier molecular flexibility index (Phi) is 4.47. The number of nitrogens with one attached hydrogen (secondary N) is 1. The standard InChI is InChI=1S/C21H27N3O2/c1-3-23-13-16(12-19(23)25)21(26)22-10-9-17-14(2)24-11-5-7-15-6-4-8-18(17)20(15)24/h4,6,8,16H,3,5,7,9-13H2,1-2H3,(H,22,26). The van der Waals surface area contributed by atoms with Gasteiger partial charge in [-0.1, -0.05) is 18.2 Å². The quantitative estimate of drug-likeness (QED) is 0.898. The first kappa shape index (κ1) is 17.1. The fourth-order valence-corrected chi connectivity index (χ4v) is 4.61. The van der Waals surface area contributed by atoms with Crippen molar-refractivity contribution in [2.75, 3.05) is 19.6 Å². The van der Waals surface area contributed by atoms with E-state index in [4.69, 9.17) is 0 Å². The first-order valence-electron chi connectivity index (χ1n) is 9.75. The zero-order valence-corrected chi connectivity index (χ0v) is 15.7. The van der Waals surface area contributed by atoms with Gasteiger partial charge in [-0.15, -0.1) is 0 Å². The predicted octanol–water partition coefficient (Wildman–Crippen LogP) is 2.42. The molecule has 1 N–H and O–H groups in total. The average molecular weight is 353 g/mol. The molecule has 0 radical (unpaired) electrons. The van der Waals surface area contributed by atoms with E-state index in [1.165, 1.54) is 34.1 Å². The number of carbonyl (C=O) groups is 2. The number of para-hydroxylation sites is 1. The summed E-state index contributed by atoms with van der Waals surface area (Å²) in [6.45, 7) is 7.10. The Morgan fingerprint density at radius 3 is 2.96 bits per heavy atom. The van der Waals surface area contributed by atoms with Crippen LogP contribution in [0, 0.1) is 12.8 Å². The lowest BCUT2D eigenvalue weighted by Crippen LogP contribution is -2.34. The molecule has 5 heteroatoms. The summed E-state index contributed by atoms with van der Waals surface area (Å²) in [7, 11) is 0. The maximum Gasteiger partial charge on any atom is 0.225 e. The number of hydrogen-bond acceptors (Lipinski definition) is 2. The molecule has 138 valence electrons. The summed E-state index contributed by atoms with van der Waals surface area (Å²) >= 11 is 0. The van der Waals surface area contributed by atoms with Crippen LogP contribution in [-0.2, 0) is 29.0 Å². The fourth-order valence-electron chi connectivity index (χ4n) is 4.61. The van der Waals surface area contributed by atoms with Crippen LogP contribution in [-0.4, -0.2) is 40.9 Å². The molecule has 0 aliphatic carbocycles. The molecule has 1 fully saturated rings. The van der Waals surface area contributed by atoms with E-state index in [2.05, 4.69) is 35.0 Å². The van der Waals surface area contributed by atoms with Crippen LogP contribution in [0.15, 0.2) is 18.2 Å². The highest BCUT2D eigenvalue weighted by molar-refractivity contribution is 5.90. The fraction of sp³-hybridized carbons (Fsp3) is 0.524. The van der Waals surface area contributed by atoms with Crippen LogP contribution < -0.4 is 5.32 Å². The monoisotopic (exact) mass is 353 g/mol. The van der Waals surface area contributed by atoms with E-state index in [0.29, 0.717) is 26.1 Å². The molecule has 1 atom stereocenters. The molecule has 0 saturated carbocycles. The highest BCUT2D eigenvalue weighted by Gasteiger charge is 2.33. The number of aryl methyl sites for hydroxylation is 2. The van der Waals surface area contributed by atoms with Crippen LogP contribution in [0.25, 0.3) is 10.9 Å². The molecule has 3 heterocycles. The van der Waals surface area contributed by atoms with Gasteiger partial charge in [0.2, 0.25) is 11.8 Å². The molecule has 2 amide bonds. The van der Waals surface area contributed by atoms with Crippen molar-refractivity contribution in [1.29, 1.82) is 0 Å². The smallest absolute Gasteiger partial charge is 0.225 e. The maximum atomic E-state index is 12.4. The van der Waals surface area contributed by atoms with E-state index in [-0.39, 0.29) is 17.7 Å². The zero-order chi connectivity index (χ0) is 18.3. The van der Waals surface area contributed by atoms with Gasteiger partial charge in [0.05, 0.1) is 11.4 Å². The molecule has 1 unspecified atom stereocenters. The van der Waals surface area contributed by atoms with E-state index in [1.807, 2.05) is 6.92 Å². The van der Waals surface area contributed by atoms with Crippen molar-refractivity contribution in [3.63, 3.8) is 0 Å². The number of nitrogens with zero attached hydrogens (tertiary/aromatic N) is 2. The molecule has 0 spiro atoms. The summed E-state index contributed by atoms with van der Waals surface area (Å²) in [4.78, 5) is 26.0. The number of likely N-dealkylation sites (tertiary alicyclic amines) is 1. The van der Waals surface area contributed by atoms with Crippen molar-refractivity contribution in [2.24, 2.45) is 5.92 Å². The topological polar surface area (TPSA) is 54.3 Å². The molecule has 4 rings (SSSR count). The molecule has 2 aliphatic rings. The number of benzene rings is 1. The van der Waals surface area contributed by atoms with E-state index in [0.717, 1.165) is 19.4 Å². The van der Waals surface area contributed by atoms with Gasteiger partial charge in [-0.3, -0.25) is 9.59 Å². The first-order valence-corrected chi connectivity index (χ1v) is 9.75. The minimum absolute atomic E-state index is 0.0145. The maximum absolute atomic E-state index is 12.4. The van der Waals surface area contributed by atoms with Gasteiger partial charge in [-0.25, -0.2) is 0 Å². The van der Waals surface area contributed by atoms with Crippen LogP contribution in [0.5, 0.6) is 0 Å². The van der Waals surface area contributed by atoms with Gasteiger partial charge in [-0.05, 0) is 44.2 Å². The molecule has 2 aromatic rings. The molecule has 2 aliphatic heterocycles. The molecule has 1 aromatic carbocycles. The van der Waals surface area contributed by atoms with E-state index in [1.54, 1.807) is 4.90 Å². The molecule has 0 bridgehead atoms. The Labute approximate surface area is 154 Å². The number of hydrogen-bond donors (Lipinski definition) is 1. The van der Waals surface area contributed by atoms with Crippen molar-refractivity contribution < 1.29 is 9.59 Å². The highest BCUT2D eigenvalue weighted by Crippen LogP contribution is 2.32. The van der Waals surface area contributed by atoms with Crippen molar-refractivity contribution in [2.45, 2.75) is 46.1 Å². The first-order chi connectivity index (χ1) is 12.6. The van der Waals surface area contributed by atoms with Crippen LogP contribution >= 0.6 is 0 Å². The number of carbonyl (C=O) groups excluding carboxylic acids is 2. The van der Waals surface area contributed by atoms with Crippen LogP contribution in [0.4, 0.5) is 0 Å². The highest BCUT2D eigenvalue weighted by atomic mass is 16.2. The zero-order valence-electron chi connectivity index (χ0n) is 15.7. The predicted molar refractivity (Wildman–Crippen MR) is 102 cm³/mol. The molecular formula is C21H27N3O2. The van der Waals surface area contributed by atoms with E-state index < -0.39 is 0 Å². The van der Waals surface area contributed by atoms with Gasteiger partial charge in [0.25, 0.3) is 0 Å².